The Hall–Kier alpha value is -1.58. The summed E-state index contributed by atoms with van der Waals surface area (Å²) in [6, 6.07) is 3.19. The number of hydrogen-bond donors (Lipinski definition) is 1. The molecular weight excluding hydrogens is 481 g/mol. The zero-order valence-corrected chi connectivity index (χ0v) is 20.4. The Balaban J connectivity index is 1.36. The van der Waals surface area contributed by atoms with Gasteiger partial charge in [-0.3, -0.25) is 14.7 Å². The van der Waals surface area contributed by atoms with Crippen molar-refractivity contribution in [1.82, 2.24) is 19.8 Å². The van der Waals surface area contributed by atoms with Crippen LogP contribution in [0, 0.1) is 11.7 Å². The maximum absolute atomic E-state index is 14.0. The van der Waals surface area contributed by atoms with Gasteiger partial charge in [0, 0.05) is 31.9 Å². The highest BCUT2D eigenvalue weighted by Gasteiger charge is 2.31. The van der Waals surface area contributed by atoms with E-state index in [9.17, 15) is 9.18 Å². The number of likely N-dealkylation sites (tertiary alicyclic amines) is 2. The molecular formula is C22H29BrFN5OS. The van der Waals surface area contributed by atoms with Gasteiger partial charge in [-0.15, -0.1) is 0 Å². The highest BCUT2D eigenvalue weighted by atomic mass is 79.9. The van der Waals surface area contributed by atoms with Gasteiger partial charge in [0.25, 0.3) is 5.91 Å². The molecule has 0 aromatic carbocycles. The average molecular weight is 510 g/mol. The van der Waals surface area contributed by atoms with Crippen LogP contribution in [0.25, 0.3) is 0 Å². The Morgan fingerprint density at radius 2 is 2.10 bits per heavy atom. The number of amides is 1. The molecule has 2 aromatic heterocycles. The molecule has 0 aliphatic carbocycles. The summed E-state index contributed by atoms with van der Waals surface area (Å²) in [5.41, 5.74) is 0.329. The summed E-state index contributed by atoms with van der Waals surface area (Å²) in [6.07, 6.45) is 6.23. The lowest BCUT2D eigenvalue weighted by molar-refractivity contribution is 0.0545. The van der Waals surface area contributed by atoms with E-state index >= 15 is 0 Å². The molecule has 0 bridgehead atoms. The van der Waals surface area contributed by atoms with E-state index in [0.29, 0.717) is 26.3 Å². The van der Waals surface area contributed by atoms with E-state index in [1.807, 2.05) is 11.8 Å². The summed E-state index contributed by atoms with van der Waals surface area (Å²) in [5.74, 6) is 0.425. The van der Waals surface area contributed by atoms with E-state index in [2.05, 4.69) is 43.0 Å². The van der Waals surface area contributed by atoms with Crippen LogP contribution in [0.4, 0.5) is 9.52 Å². The minimum Gasteiger partial charge on any atom is -0.353 e. The van der Waals surface area contributed by atoms with Gasteiger partial charge in [-0.1, -0.05) is 18.3 Å². The third-order valence-corrected chi connectivity index (χ3v) is 8.08. The third-order valence-electron chi connectivity index (χ3n) is 6.27. The maximum Gasteiger partial charge on any atom is 0.266 e. The van der Waals surface area contributed by atoms with Crippen molar-refractivity contribution in [3.05, 3.63) is 39.3 Å². The van der Waals surface area contributed by atoms with Gasteiger partial charge >= 0.3 is 0 Å². The predicted molar refractivity (Wildman–Crippen MR) is 125 cm³/mol. The minimum atomic E-state index is -0.361. The van der Waals surface area contributed by atoms with Crippen LogP contribution in [0.3, 0.4) is 0 Å². The molecule has 0 spiro atoms. The molecule has 9 heteroatoms. The van der Waals surface area contributed by atoms with Crippen LogP contribution in [0.1, 0.15) is 60.9 Å². The molecule has 2 atom stereocenters. The van der Waals surface area contributed by atoms with Crippen LogP contribution in [0.5, 0.6) is 0 Å². The molecule has 2 aromatic rings. The number of hydrogen-bond acceptors (Lipinski definition) is 6. The molecule has 0 radical (unpaired) electrons. The SMILES string of the molecule is C[C@@H]1CCCN(C2CCN(C(=O)c3sc(N[C@@H](C)c4ncccc4F)nc3Br)CC2)C1. The van der Waals surface area contributed by atoms with Crippen molar-refractivity contribution < 1.29 is 9.18 Å². The standard InChI is InChI=1S/C22H29BrFN5OS/c1-14-5-4-10-29(13-14)16-7-11-28(12-8-16)21(30)19-20(23)27-22(31-19)26-15(2)18-17(24)6-3-9-25-18/h3,6,9,14-16H,4-5,7-8,10-13H2,1-2H3,(H,26,27)/t14-,15+/m1/s1. The molecule has 4 heterocycles. The first-order chi connectivity index (χ1) is 14.9. The van der Waals surface area contributed by atoms with Crippen LogP contribution in [0.15, 0.2) is 22.9 Å². The number of pyridine rings is 1. The van der Waals surface area contributed by atoms with Gasteiger partial charge in [0.2, 0.25) is 0 Å². The first kappa shape index (κ1) is 22.6. The summed E-state index contributed by atoms with van der Waals surface area (Å²) >= 11 is 4.74. The highest BCUT2D eigenvalue weighted by Crippen LogP contribution is 2.32. The van der Waals surface area contributed by atoms with E-state index in [-0.39, 0.29) is 17.8 Å². The fourth-order valence-electron chi connectivity index (χ4n) is 4.60. The molecule has 2 fully saturated rings. The molecule has 6 nitrogen and oxygen atoms in total. The van der Waals surface area contributed by atoms with Crippen molar-refractivity contribution in [2.24, 2.45) is 5.92 Å². The molecule has 0 saturated carbocycles. The van der Waals surface area contributed by atoms with Crippen molar-refractivity contribution >= 4 is 38.3 Å². The number of nitrogens with zero attached hydrogens (tertiary/aromatic N) is 4. The smallest absolute Gasteiger partial charge is 0.266 e. The minimum absolute atomic E-state index is 0.0135. The number of carbonyl (C=O) groups is 1. The largest absolute Gasteiger partial charge is 0.353 e. The van der Waals surface area contributed by atoms with Crippen molar-refractivity contribution in [3.8, 4) is 0 Å². The van der Waals surface area contributed by atoms with Crippen LogP contribution >= 0.6 is 27.3 Å². The summed E-state index contributed by atoms with van der Waals surface area (Å²) in [7, 11) is 0. The molecule has 4 rings (SSSR count). The summed E-state index contributed by atoms with van der Waals surface area (Å²) in [4.78, 5) is 26.8. The molecule has 1 N–H and O–H groups in total. The highest BCUT2D eigenvalue weighted by molar-refractivity contribution is 9.10. The van der Waals surface area contributed by atoms with Gasteiger partial charge < -0.3 is 10.2 Å². The number of aromatic nitrogens is 2. The van der Waals surface area contributed by atoms with Crippen molar-refractivity contribution in [1.29, 1.82) is 0 Å². The lowest BCUT2D eigenvalue weighted by Gasteiger charge is -2.41. The molecule has 2 aliphatic rings. The molecule has 0 unspecified atom stereocenters. The number of piperidine rings is 2. The van der Waals surface area contributed by atoms with Gasteiger partial charge in [-0.05, 0) is 73.1 Å². The van der Waals surface area contributed by atoms with Gasteiger partial charge in [0.15, 0.2) is 5.13 Å². The number of anilines is 1. The van der Waals surface area contributed by atoms with E-state index in [4.69, 9.17) is 0 Å². The number of rotatable bonds is 5. The van der Waals surface area contributed by atoms with E-state index < -0.39 is 0 Å². The normalized spacial score (nSPS) is 21.8. The van der Waals surface area contributed by atoms with E-state index in [1.165, 1.54) is 43.3 Å². The zero-order chi connectivity index (χ0) is 22.0. The maximum atomic E-state index is 14.0. The number of thiazole rings is 1. The Kier molecular flexibility index (Phi) is 7.23. The monoisotopic (exact) mass is 509 g/mol. The van der Waals surface area contributed by atoms with Gasteiger partial charge in [0.1, 0.15) is 15.3 Å². The second-order valence-corrected chi connectivity index (χ2v) is 10.4. The lowest BCUT2D eigenvalue weighted by atomic mass is 9.95. The van der Waals surface area contributed by atoms with Crippen LogP contribution in [-0.2, 0) is 0 Å². The van der Waals surface area contributed by atoms with E-state index in [0.717, 1.165) is 31.8 Å². The molecule has 2 saturated heterocycles. The van der Waals surface area contributed by atoms with Gasteiger partial charge in [0.05, 0.1) is 11.7 Å². The predicted octanol–water partition coefficient (Wildman–Crippen LogP) is 4.95. The van der Waals surface area contributed by atoms with Crippen LogP contribution < -0.4 is 5.32 Å². The fourth-order valence-corrected chi connectivity index (χ4v) is 6.22. The van der Waals surface area contributed by atoms with E-state index in [1.54, 1.807) is 12.3 Å². The first-order valence-electron chi connectivity index (χ1n) is 11.0. The molecule has 168 valence electrons. The zero-order valence-electron chi connectivity index (χ0n) is 18.0. The number of carbonyl (C=O) groups excluding carboxylic acids is 1. The van der Waals surface area contributed by atoms with Gasteiger partial charge in [-0.2, -0.15) is 0 Å². The van der Waals surface area contributed by atoms with Crippen LogP contribution in [-0.4, -0.2) is 57.9 Å². The van der Waals surface area contributed by atoms with Crippen LogP contribution in [0.2, 0.25) is 0 Å². The van der Waals surface area contributed by atoms with Crippen molar-refractivity contribution in [2.75, 3.05) is 31.5 Å². The Bertz CT molecular complexity index is 917. The molecule has 31 heavy (non-hydrogen) atoms. The molecule has 2 aliphatic heterocycles. The van der Waals surface area contributed by atoms with Gasteiger partial charge in [-0.25, -0.2) is 9.37 Å². The first-order valence-corrected chi connectivity index (χ1v) is 12.6. The average Bonchev–Trinajstić information content (AvgIpc) is 3.13. The lowest BCUT2D eigenvalue weighted by Crippen LogP contribution is -2.49. The number of halogens is 2. The summed E-state index contributed by atoms with van der Waals surface area (Å²) in [5, 5.41) is 3.74. The topological polar surface area (TPSA) is 61.4 Å². The van der Waals surface area contributed by atoms with Crippen molar-refractivity contribution in [3.63, 3.8) is 0 Å². The second-order valence-electron chi connectivity index (χ2n) is 8.64. The second kappa shape index (κ2) is 9.92. The third kappa shape index (κ3) is 5.26. The quantitative estimate of drug-likeness (QED) is 0.617. The Morgan fingerprint density at radius 1 is 1.32 bits per heavy atom. The molecule has 1 amide bonds. The Morgan fingerprint density at radius 3 is 2.81 bits per heavy atom. The Labute approximate surface area is 195 Å². The summed E-state index contributed by atoms with van der Waals surface area (Å²) in [6.45, 7) is 8.08. The fraction of sp³-hybridized carbons (Fsp3) is 0.591. The van der Waals surface area contributed by atoms with Crippen molar-refractivity contribution in [2.45, 2.75) is 51.6 Å². The number of nitrogens with one attached hydrogen (secondary N) is 1. The summed E-state index contributed by atoms with van der Waals surface area (Å²) < 4.78 is 14.5.